The molecule has 35 heavy (non-hydrogen) atoms. The predicted molar refractivity (Wildman–Crippen MR) is 132 cm³/mol. The minimum atomic E-state index is -0.903. The standard InChI is InChI=1S/C25H26ClN5O4/c1-28-25-29-11-20(26)22(30-25)15-6-7-16-12-31(24(34)19(16)9-15)21(23(27)33)10-17(13-32)14-4-3-5-18(8-14)35-2/h3-9,11,17,21,32H,10,12-13H2,1-2H3,(H2,27,33)(H,28,29,30)/t17-,21-/m1/s1. The molecule has 0 aliphatic carbocycles. The molecule has 9 nitrogen and oxygen atoms in total. The molecule has 0 saturated carbocycles. The third kappa shape index (κ3) is 4.91. The molecule has 1 aliphatic rings. The van der Waals surface area contributed by atoms with Crippen molar-refractivity contribution < 1.29 is 19.4 Å². The fraction of sp³-hybridized carbons (Fsp3) is 0.280. The predicted octanol–water partition coefficient (Wildman–Crippen LogP) is 2.82. The van der Waals surface area contributed by atoms with E-state index in [1.165, 1.54) is 11.1 Å². The normalized spacial score (nSPS) is 14.4. The summed E-state index contributed by atoms with van der Waals surface area (Å²) in [5.74, 6) is -0.315. The van der Waals surface area contributed by atoms with Crippen LogP contribution in [0.2, 0.25) is 5.02 Å². The van der Waals surface area contributed by atoms with E-state index < -0.39 is 17.9 Å². The second-order valence-electron chi connectivity index (χ2n) is 8.26. The third-order valence-corrected chi connectivity index (χ3v) is 6.46. The van der Waals surface area contributed by atoms with E-state index in [9.17, 15) is 14.7 Å². The smallest absolute Gasteiger partial charge is 0.255 e. The molecule has 2 aromatic carbocycles. The second kappa shape index (κ2) is 10.3. The number of aliphatic hydroxyl groups is 1. The highest BCUT2D eigenvalue weighted by atomic mass is 35.5. The average molecular weight is 496 g/mol. The van der Waals surface area contributed by atoms with Gasteiger partial charge in [-0.05, 0) is 35.7 Å². The lowest BCUT2D eigenvalue weighted by Crippen LogP contribution is -2.46. The van der Waals surface area contributed by atoms with Crippen LogP contribution >= 0.6 is 11.6 Å². The molecule has 0 bridgehead atoms. The summed E-state index contributed by atoms with van der Waals surface area (Å²) in [6.45, 7) is 0.0215. The van der Waals surface area contributed by atoms with Crippen molar-refractivity contribution in [3.63, 3.8) is 0 Å². The van der Waals surface area contributed by atoms with Gasteiger partial charge in [-0.15, -0.1) is 0 Å². The lowest BCUT2D eigenvalue weighted by atomic mass is 9.91. The van der Waals surface area contributed by atoms with E-state index in [0.29, 0.717) is 33.5 Å². The Morgan fingerprint density at radius 1 is 1.31 bits per heavy atom. The number of hydrogen-bond acceptors (Lipinski definition) is 7. The zero-order valence-corrected chi connectivity index (χ0v) is 20.1. The number of benzene rings is 2. The number of rotatable bonds is 9. The first kappa shape index (κ1) is 24.4. The van der Waals surface area contributed by atoms with Gasteiger partial charge in [-0.25, -0.2) is 9.97 Å². The number of halogens is 1. The maximum absolute atomic E-state index is 13.4. The van der Waals surface area contributed by atoms with Gasteiger partial charge in [0.1, 0.15) is 11.8 Å². The highest BCUT2D eigenvalue weighted by Gasteiger charge is 2.37. The third-order valence-electron chi connectivity index (χ3n) is 6.18. The summed E-state index contributed by atoms with van der Waals surface area (Å²) in [5, 5.41) is 13.3. The topological polar surface area (TPSA) is 131 Å². The van der Waals surface area contributed by atoms with Crippen LogP contribution in [-0.4, -0.2) is 58.6 Å². The molecule has 2 heterocycles. The number of nitrogens with two attached hydrogens (primary N) is 1. The van der Waals surface area contributed by atoms with Gasteiger partial charge < -0.3 is 25.8 Å². The number of primary amides is 1. The van der Waals surface area contributed by atoms with Crippen molar-refractivity contribution >= 4 is 29.4 Å². The molecular formula is C25H26ClN5O4. The number of hydrogen-bond donors (Lipinski definition) is 3. The number of nitrogens with one attached hydrogen (secondary N) is 1. The van der Waals surface area contributed by atoms with Crippen LogP contribution in [0.5, 0.6) is 5.75 Å². The molecule has 3 aromatic rings. The van der Waals surface area contributed by atoms with Gasteiger partial charge in [0.25, 0.3) is 5.91 Å². The summed E-state index contributed by atoms with van der Waals surface area (Å²) in [6.07, 6.45) is 1.67. The van der Waals surface area contributed by atoms with E-state index in [2.05, 4.69) is 15.3 Å². The van der Waals surface area contributed by atoms with Crippen LogP contribution in [0.25, 0.3) is 11.3 Å². The maximum Gasteiger partial charge on any atom is 0.255 e. The van der Waals surface area contributed by atoms with Crippen molar-refractivity contribution in [2.75, 3.05) is 26.1 Å². The Morgan fingerprint density at radius 2 is 2.11 bits per heavy atom. The van der Waals surface area contributed by atoms with Crippen LogP contribution in [0.4, 0.5) is 5.95 Å². The number of ether oxygens (including phenoxy) is 1. The number of anilines is 1. The first-order valence-corrected chi connectivity index (χ1v) is 11.4. The molecule has 1 aromatic heterocycles. The first-order chi connectivity index (χ1) is 16.9. The number of methoxy groups -OCH3 is 1. The number of carbonyl (C=O) groups excluding carboxylic acids is 2. The summed E-state index contributed by atoms with van der Waals surface area (Å²) in [4.78, 5) is 35.8. The lowest BCUT2D eigenvalue weighted by molar-refractivity contribution is -0.123. The Morgan fingerprint density at radius 3 is 2.80 bits per heavy atom. The van der Waals surface area contributed by atoms with Crippen molar-refractivity contribution in [3.05, 3.63) is 70.4 Å². The fourth-order valence-electron chi connectivity index (χ4n) is 4.29. The molecule has 2 atom stereocenters. The fourth-order valence-corrected chi connectivity index (χ4v) is 4.49. The van der Waals surface area contributed by atoms with Crippen LogP contribution in [0.3, 0.4) is 0 Å². The Hall–Kier alpha value is -3.69. The zero-order valence-electron chi connectivity index (χ0n) is 19.4. The molecule has 4 rings (SSSR count). The van der Waals surface area contributed by atoms with Gasteiger partial charge in [0, 0.05) is 30.6 Å². The Balaban J connectivity index is 1.62. The van der Waals surface area contributed by atoms with Crippen molar-refractivity contribution in [2.45, 2.75) is 24.9 Å². The zero-order chi connectivity index (χ0) is 25.1. The van der Waals surface area contributed by atoms with Crippen molar-refractivity contribution in [1.82, 2.24) is 14.9 Å². The van der Waals surface area contributed by atoms with Gasteiger partial charge in [-0.3, -0.25) is 9.59 Å². The van der Waals surface area contributed by atoms with Gasteiger partial charge in [0.2, 0.25) is 11.9 Å². The Kier molecular flexibility index (Phi) is 7.18. The van der Waals surface area contributed by atoms with E-state index in [4.69, 9.17) is 22.1 Å². The maximum atomic E-state index is 13.4. The number of fused-ring (bicyclic) bond motifs is 1. The molecule has 0 saturated heterocycles. The second-order valence-corrected chi connectivity index (χ2v) is 8.66. The van der Waals surface area contributed by atoms with E-state index >= 15 is 0 Å². The van der Waals surface area contributed by atoms with Crippen molar-refractivity contribution in [3.8, 4) is 17.0 Å². The molecule has 182 valence electrons. The van der Waals surface area contributed by atoms with Crippen LogP contribution in [-0.2, 0) is 11.3 Å². The minimum absolute atomic E-state index is 0.175. The van der Waals surface area contributed by atoms with Gasteiger partial charge in [-0.2, -0.15) is 0 Å². The van der Waals surface area contributed by atoms with Gasteiger partial charge in [-0.1, -0.05) is 35.9 Å². The molecule has 10 heteroatoms. The van der Waals surface area contributed by atoms with Crippen LogP contribution in [0.15, 0.2) is 48.7 Å². The quantitative estimate of drug-likeness (QED) is 0.416. The van der Waals surface area contributed by atoms with Crippen molar-refractivity contribution in [1.29, 1.82) is 0 Å². The number of nitrogens with zero attached hydrogens (tertiary/aromatic N) is 3. The Bertz CT molecular complexity index is 1270. The van der Waals surface area contributed by atoms with Crippen LogP contribution < -0.4 is 15.8 Å². The largest absolute Gasteiger partial charge is 0.497 e. The lowest BCUT2D eigenvalue weighted by Gasteiger charge is -2.28. The number of aromatic nitrogens is 2. The van der Waals surface area contributed by atoms with E-state index in [-0.39, 0.29) is 25.5 Å². The molecular weight excluding hydrogens is 470 g/mol. The monoisotopic (exact) mass is 495 g/mol. The van der Waals surface area contributed by atoms with Gasteiger partial charge in [0.05, 0.1) is 30.6 Å². The molecule has 2 amide bonds. The molecule has 0 radical (unpaired) electrons. The first-order valence-electron chi connectivity index (χ1n) is 11.0. The average Bonchev–Trinajstić information content (AvgIpc) is 3.20. The van der Waals surface area contributed by atoms with Crippen LogP contribution in [0, 0.1) is 0 Å². The molecule has 0 unspecified atom stereocenters. The summed E-state index contributed by atoms with van der Waals surface area (Å²) >= 11 is 6.31. The van der Waals surface area contributed by atoms with Crippen molar-refractivity contribution in [2.24, 2.45) is 5.73 Å². The number of carbonyl (C=O) groups is 2. The highest BCUT2D eigenvalue weighted by Crippen LogP contribution is 2.34. The molecule has 0 fully saturated rings. The van der Waals surface area contributed by atoms with Gasteiger partial charge in [0.15, 0.2) is 0 Å². The summed E-state index contributed by atoms with van der Waals surface area (Å²) in [7, 11) is 3.26. The van der Waals surface area contributed by atoms with Crippen LogP contribution in [0.1, 0.15) is 33.8 Å². The SMILES string of the molecule is CNc1ncc(Cl)c(-c2ccc3c(c2)C(=O)N([C@H](C[C@H](CO)c2cccc(OC)c2)C(N)=O)C3)n1. The van der Waals surface area contributed by atoms with E-state index in [0.717, 1.165) is 11.1 Å². The molecule has 1 aliphatic heterocycles. The number of amides is 2. The summed E-state index contributed by atoms with van der Waals surface area (Å²) in [6, 6.07) is 11.7. The summed E-state index contributed by atoms with van der Waals surface area (Å²) < 4.78 is 5.27. The van der Waals surface area contributed by atoms with E-state index in [1.807, 2.05) is 24.3 Å². The Labute approximate surface area is 207 Å². The molecule has 4 N–H and O–H groups in total. The van der Waals surface area contributed by atoms with E-state index in [1.54, 1.807) is 32.4 Å². The molecule has 0 spiro atoms. The number of aliphatic hydroxyl groups excluding tert-OH is 1. The van der Waals surface area contributed by atoms with Gasteiger partial charge >= 0.3 is 0 Å². The minimum Gasteiger partial charge on any atom is -0.497 e. The highest BCUT2D eigenvalue weighted by molar-refractivity contribution is 6.33. The summed E-state index contributed by atoms with van der Waals surface area (Å²) in [5.41, 5.74) is 8.91.